The first-order valence-electron chi connectivity index (χ1n) is 5.62. The number of nitrogens with two attached hydrogens (primary N) is 1. The fraction of sp³-hybridized carbons (Fsp3) is 0.667. The van der Waals surface area contributed by atoms with Crippen molar-refractivity contribution < 1.29 is 0 Å². The van der Waals surface area contributed by atoms with Crippen LogP contribution in [0.25, 0.3) is 0 Å². The lowest BCUT2D eigenvalue weighted by Gasteiger charge is -2.24. The molecule has 3 heteroatoms. The number of nitrogens with one attached hydrogen (secondary N) is 2. The van der Waals surface area contributed by atoms with E-state index >= 15 is 0 Å². The average molecular weight is 209 g/mol. The Morgan fingerprint density at radius 3 is 2.80 bits per heavy atom. The number of hydrogen-bond acceptors (Lipinski definition) is 2. The van der Waals surface area contributed by atoms with Gasteiger partial charge in [0.25, 0.3) is 0 Å². The smallest absolute Gasteiger partial charge is 0.0217 e. The van der Waals surface area contributed by atoms with Crippen LogP contribution in [0.5, 0.6) is 0 Å². The number of H-pyrrole nitrogens is 1. The van der Waals surface area contributed by atoms with Crippen LogP contribution < -0.4 is 11.1 Å². The maximum absolute atomic E-state index is 5.69. The fourth-order valence-corrected chi connectivity index (χ4v) is 1.58. The largest absolute Gasteiger partial charge is 0.365 e. The van der Waals surface area contributed by atoms with Crippen molar-refractivity contribution in [2.24, 2.45) is 5.73 Å². The molecule has 86 valence electrons. The van der Waals surface area contributed by atoms with Gasteiger partial charge in [0.15, 0.2) is 0 Å². The Kier molecular flexibility index (Phi) is 4.36. The minimum absolute atomic E-state index is 0.154. The lowest BCUT2D eigenvalue weighted by molar-refractivity contribution is 0.450. The van der Waals surface area contributed by atoms with Gasteiger partial charge in [-0.15, -0.1) is 0 Å². The van der Waals surface area contributed by atoms with Crippen molar-refractivity contribution in [1.29, 1.82) is 0 Å². The topological polar surface area (TPSA) is 53.8 Å². The molecule has 0 fully saturated rings. The van der Waals surface area contributed by atoms with Crippen molar-refractivity contribution >= 4 is 0 Å². The monoisotopic (exact) mass is 209 g/mol. The first-order chi connectivity index (χ1) is 7.02. The van der Waals surface area contributed by atoms with E-state index in [9.17, 15) is 0 Å². The quantitative estimate of drug-likeness (QED) is 0.624. The Morgan fingerprint density at radius 1 is 1.53 bits per heavy atom. The van der Waals surface area contributed by atoms with E-state index < -0.39 is 0 Å². The molecule has 0 aromatic carbocycles. The first kappa shape index (κ1) is 12.3. The van der Waals surface area contributed by atoms with Crippen LogP contribution in [0.3, 0.4) is 0 Å². The molecule has 1 aromatic rings. The fourth-order valence-electron chi connectivity index (χ4n) is 1.58. The Labute approximate surface area is 92.4 Å². The molecule has 0 spiro atoms. The van der Waals surface area contributed by atoms with Gasteiger partial charge >= 0.3 is 0 Å². The molecule has 4 N–H and O–H groups in total. The van der Waals surface area contributed by atoms with Gasteiger partial charge in [-0.05, 0) is 32.0 Å². The standard InChI is InChI=1S/C12H23N3/c1-10(13)6-8-14-9-12(2,3)11-5-4-7-15-11/h4-5,7,10,14-15H,6,8-9,13H2,1-3H3. The molecular formula is C12H23N3. The zero-order valence-corrected chi connectivity index (χ0v) is 10.0. The lowest BCUT2D eigenvalue weighted by atomic mass is 9.89. The van der Waals surface area contributed by atoms with Gasteiger partial charge in [-0.3, -0.25) is 0 Å². The predicted molar refractivity (Wildman–Crippen MR) is 65.0 cm³/mol. The van der Waals surface area contributed by atoms with Crippen molar-refractivity contribution in [3.63, 3.8) is 0 Å². The van der Waals surface area contributed by atoms with Crippen LogP contribution in [0.4, 0.5) is 0 Å². The van der Waals surface area contributed by atoms with E-state index in [1.807, 2.05) is 19.2 Å². The van der Waals surface area contributed by atoms with E-state index in [1.165, 1.54) is 5.69 Å². The minimum atomic E-state index is 0.154. The summed E-state index contributed by atoms with van der Waals surface area (Å²) in [5, 5.41) is 3.45. The van der Waals surface area contributed by atoms with Crippen LogP contribution in [-0.4, -0.2) is 24.1 Å². The number of aromatic nitrogens is 1. The highest BCUT2D eigenvalue weighted by Crippen LogP contribution is 2.19. The Bertz CT molecular complexity index is 262. The maximum Gasteiger partial charge on any atom is 0.0217 e. The molecule has 3 nitrogen and oxygen atoms in total. The van der Waals surface area contributed by atoms with Crippen LogP contribution in [0.15, 0.2) is 18.3 Å². The molecular weight excluding hydrogens is 186 g/mol. The predicted octanol–water partition coefficient (Wildman–Crippen LogP) is 1.62. The highest BCUT2D eigenvalue weighted by Gasteiger charge is 2.20. The summed E-state index contributed by atoms with van der Waals surface area (Å²) in [5.41, 5.74) is 7.12. The van der Waals surface area contributed by atoms with Crippen molar-refractivity contribution in [2.75, 3.05) is 13.1 Å². The third-order valence-corrected chi connectivity index (χ3v) is 2.67. The molecule has 0 radical (unpaired) electrons. The molecule has 0 aliphatic heterocycles. The van der Waals surface area contributed by atoms with Crippen LogP contribution >= 0.6 is 0 Å². The molecule has 1 aromatic heterocycles. The van der Waals surface area contributed by atoms with Crippen molar-refractivity contribution in [3.8, 4) is 0 Å². The summed E-state index contributed by atoms with van der Waals surface area (Å²) in [4.78, 5) is 3.26. The van der Waals surface area contributed by atoms with Crippen LogP contribution in [-0.2, 0) is 5.41 Å². The molecule has 15 heavy (non-hydrogen) atoms. The van der Waals surface area contributed by atoms with Gasteiger partial charge in [0.2, 0.25) is 0 Å². The van der Waals surface area contributed by atoms with E-state index in [0.29, 0.717) is 0 Å². The summed E-state index contributed by atoms with van der Waals surface area (Å²) in [6.07, 6.45) is 3.00. The Hall–Kier alpha value is -0.800. The molecule has 0 aliphatic carbocycles. The summed E-state index contributed by atoms with van der Waals surface area (Å²) in [7, 11) is 0. The second-order valence-corrected chi connectivity index (χ2v) is 4.91. The summed E-state index contributed by atoms with van der Waals surface area (Å²) in [5.74, 6) is 0. The van der Waals surface area contributed by atoms with Gasteiger partial charge < -0.3 is 16.0 Å². The maximum atomic E-state index is 5.69. The third-order valence-electron chi connectivity index (χ3n) is 2.67. The van der Waals surface area contributed by atoms with Gasteiger partial charge in [-0.1, -0.05) is 13.8 Å². The second kappa shape index (κ2) is 5.33. The second-order valence-electron chi connectivity index (χ2n) is 4.91. The molecule has 0 saturated heterocycles. The summed E-state index contributed by atoms with van der Waals surface area (Å²) in [6.45, 7) is 8.47. The molecule has 0 bridgehead atoms. The zero-order valence-electron chi connectivity index (χ0n) is 10.0. The zero-order chi connectivity index (χ0) is 11.3. The van der Waals surface area contributed by atoms with E-state index in [0.717, 1.165) is 19.5 Å². The molecule has 1 atom stereocenters. The van der Waals surface area contributed by atoms with Gasteiger partial charge in [-0.2, -0.15) is 0 Å². The minimum Gasteiger partial charge on any atom is -0.365 e. The molecule has 0 aliphatic rings. The van der Waals surface area contributed by atoms with Gasteiger partial charge in [0, 0.05) is 29.9 Å². The first-order valence-corrected chi connectivity index (χ1v) is 5.62. The normalized spacial score (nSPS) is 14.1. The summed E-state index contributed by atoms with van der Waals surface area (Å²) < 4.78 is 0. The molecule has 1 unspecified atom stereocenters. The van der Waals surface area contributed by atoms with Crippen molar-refractivity contribution in [3.05, 3.63) is 24.0 Å². The van der Waals surface area contributed by atoms with Crippen LogP contribution in [0.1, 0.15) is 32.9 Å². The third kappa shape index (κ3) is 4.06. The van der Waals surface area contributed by atoms with Gasteiger partial charge in [0.05, 0.1) is 0 Å². The highest BCUT2D eigenvalue weighted by molar-refractivity contribution is 5.15. The van der Waals surface area contributed by atoms with Crippen molar-refractivity contribution in [1.82, 2.24) is 10.3 Å². The summed E-state index contributed by atoms with van der Waals surface area (Å²) >= 11 is 0. The number of rotatable bonds is 6. The van der Waals surface area contributed by atoms with Gasteiger partial charge in [0.1, 0.15) is 0 Å². The van der Waals surface area contributed by atoms with E-state index in [-0.39, 0.29) is 11.5 Å². The SMILES string of the molecule is CC(N)CCNCC(C)(C)c1ccc[nH]1. The van der Waals surface area contributed by atoms with Crippen molar-refractivity contribution in [2.45, 2.75) is 38.6 Å². The summed E-state index contributed by atoms with van der Waals surface area (Å²) in [6, 6.07) is 4.46. The van der Waals surface area contributed by atoms with E-state index in [2.05, 4.69) is 30.2 Å². The Morgan fingerprint density at radius 2 is 2.27 bits per heavy atom. The Balaban J connectivity index is 2.31. The van der Waals surface area contributed by atoms with E-state index in [4.69, 9.17) is 5.73 Å². The molecule has 0 amide bonds. The lowest BCUT2D eigenvalue weighted by Crippen LogP contribution is -2.35. The average Bonchev–Trinajstić information content (AvgIpc) is 2.65. The van der Waals surface area contributed by atoms with E-state index in [1.54, 1.807) is 0 Å². The number of hydrogen-bond donors (Lipinski definition) is 3. The number of aromatic amines is 1. The van der Waals surface area contributed by atoms with Crippen LogP contribution in [0.2, 0.25) is 0 Å². The molecule has 1 rings (SSSR count). The van der Waals surface area contributed by atoms with Gasteiger partial charge in [-0.25, -0.2) is 0 Å². The highest BCUT2D eigenvalue weighted by atomic mass is 14.9. The molecule has 1 heterocycles. The van der Waals surface area contributed by atoms with Crippen LogP contribution in [0, 0.1) is 0 Å². The molecule has 0 saturated carbocycles.